The average molecular weight is 311 g/mol. The topological polar surface area (TPSA) is 57.3 Å². The van der Waals surface area contributed by atoms with Crippen LogP contribution in [0.2, 0.25) is 5.02 Å². The predicted molar refractivity (Wildman–Crippen MR) is 86.0 cm³/mol. The third-order valence-corrected chi connectivity index (χ3v) is 3.98. The first-order valence-corrected chi connectivity index (χ1v) is 7.87. The molecule has 0 aromatic carbocycles. The van der Waals surface area contributed by atoms with Gasteiger partial charge in [0.1, 0.15) is 11.5 Å². The lowest BCUT2D eigenvalue weighted by Gasteiger charge is -2.29. The summed E-state index contributed by atoms with van der Waals surface area (Å²) in [7, 11) is 2.10. The van der Waals surface area contributed by atoms with E-state index >= 15 is 0 Å². The maximum absolute atomic E-state index is 12.3. The van der Waals surface area contributed by atoms with Crippen molar-refractivity contribution in [2.75, 3.05) is 32.0 Å². The van der Waals surface area contributed by atoms with Crippen LogP contribution in [0, 0.1) is 0 Å². The van der Waals surface area contributed by atoms with E-state index < -0.39 is 0 Å². The third-order valence-electron chi connectivity index (χ3n) is 3.67. The van der Waals surface area contributed by atoms with Gasteiger partial charge in [0.15, 0.2) is 0 Å². The Hall–Kier alpha value is -1.33. The van der Waals surface area contributed by atoms with Gasteiger partial charge in [0.25, 0.3) is 5.91 Å². The van der Waals surface area contributed by atoms with E-state index in [1.54, 1.807) is 12.1 Å². The van der Waals surface area contributed by atoms with Gasteiger partial charge in [-0.15, -0.1) is 0 Å². The molecule has 1 aliphatic rings. The van der Waals surface area contributed by atoms with Gasteiger partial charge in [-0.3, -0.25) is 4.79 Å². The van der Waals surface area contributed by atoms with Crippen LogP contribution in [0.4, 0.5) is 5.82 Å². The summed E-state index contributed by atoms with van der Waals surface area (Å²) >= 11 is 6.11. The maximum Gasteiger partial charge on any atom is 0.271 e. The smallest absolute Gasteiger partial charge is 0.271 e. The molecule has 0 radical (unpaired) electrons. The van der Waals surface area contributed by atoms with Crippen molar-refractivity contribution >= 4 is 23.3 Å². The highest BCUT2D eigenvalue weighted by atomic mass is 35.5. The molecular formula is C15H23ClN4O. The molecule has 2 heterocycles. The van der Waals surface area contributed by atoms with Gasteiger partial charge >= 0.3 is 0 Å². The molecule has 5 nitrogen and oxygen atoms in total. The zero-order valence-electron chi connectivity index (χ0n) is 12.7. The molecule has 2 N–H and O–H groups in total. The highest BCUT2D eigenvalue weighted by molar-refractivity contribution is 6.33. The van der Waals surface area contributed by atoms with Gasteiger partial charge in [0.05, 0.1) is 5.02 Å². The molecule has 2 rings (SSSR count). The highest BCUT2D eigenvalue weighted by Crippen LogP contribution is 2.18. The molecule has 0 spiro atoms. The van der Waals surface area contributed by atoms with Crippen LogP contribution >= 0.6 is 11.6 Å². The molecule has 116 valence electrons. The maximum atomic E-state index is 12.3. The lowest BCUT2D eigenvalue weighted by atomic mass is 10.1. The zero-order valence-corrected chi connectivity index (χ0v) is 13.4. The first kappa shape index (κ1) is 16.0. The molecule has 21 heavy (non-hydrogen) atoms. The summed E-state index contributed by atoms with van der Waals surface area (Å²) in [5.41, 5.74) is 0.302. The number of anilines is 1. The second-order valence-electron chi connectivity index (χ2n) is 5.50. The second-order valence-corrected chi connectivity index (χ2v) is 5.91. The van der Waals surface area contributed by atoms with Gasteiger partial charge in [-0.05, 0) is 51.5 Å². The fourth-order valence-corrected chi connectivity index (χ4v) is 2.55. The number of likely N-dealkylation sites (tertiary alicyclic amines) is 1. The van der Waals surface area contributed by atoms with E-state index in [1.807, 2.05) is 0 Å². The van der Waals surface area contributed by atoms with Gasteiger partial charge in [0, 0.05) is 12.6 Å². The van der Waals surface area contributed by atoms with Crippen molar-refractivity contribution < 1.29 is 4.79 Å². The Morgan fingerprint density at radius 2 is 2.14 bits per heavy atom. The number of rotatable bonds is 5. The van der Waals surface area contributed by atoms with Crippen LogP contribution in [0.25, 0.3) is 0 Å². The van der Waals surface area contributed by atoms with E-state index in [1.165, 1.54) is 0 Å². The molecule has 0 unspecified atom stereocenters. The first-order chi connectivity index (χ1) is 10.1. The minimum atomic E-state index is -0.185. The van der Waals surface area contributed by atoms with E-state index in [2.05, 4.69) is 34.5 Å². The molecule has 0 atom stereocenters. The lowest BCUT2D eigenvalue weighted by molar-refractivity contribution is 0.0912. The summed E-state index contributed by atoms with van der Waals surface area (Å²) in [5, 5.41) is 6.60. The largest absolute Gasteiger partial charge is 0.370 e. The Morgan fingerprint density at radius 3 is 2.81 bits per heavy atom. The summed E-state index contributed by atoms with van der Waals surface area (Å²) in [6, 6.07) is 3.72. The van der Waals surface area contributed by atoms with E-state index in [0.29, 0.717) is 16.5 Å². The summed E-state index contributed by atoms with van der Waals surface area (Å²) in [6.07, 6.45) is 2.93. The molecule has 1 aromatic heterocycles. The van der Waals surface area contributed by atoms with Crippen molar-refractivity contribution in [1.82, 2.24) is 15.2 Å². The number of aromatic nitrogens is 1. The van der Waals surface area contributed by atoms with Crippen molar-refractivity contribution in [3.63, 3.8) is 0 Å². The number of nitrogens with one attached hydrogen (secondary N) is 2. The van der Waals surface area contributed by atoms with Crippen molar-refractivity contribution in [2.24, 2.45) is 0 Å². The first-order valence-electron chi connectivity index (χ1n) is 7.50. The summed E-state index contributed by atoms with van der Waals surface area (Å²) < 4.78 is 0. The SMILES string of the molecule is CCCNc1ccc(Cl)c(C(=O)NC2CCN(C)CC2)n1. The number of hydrogen-bond acceptors (Lipinski definition) is 4. The molecule has 6 heteroatoms. The number of pyridine rings is 1. The number of piperidine rings is 1. The molecule has 0 aliphatic carbocycles. The Balaban J connectivity index is 2.00. The minimum Gasteiger partial charge on any atom is -0.370 e. The lowest BCUT2D eigenvalue weighted by Crippen LogP contribution is -2.43. The monoisotopic (exact) mass is 310 g/mol. The van der Waals surface area contributed by atoms with Crippen molar-refractivity contribution in [1.29, 1.82) is 0 Å². The van der Waals surface area contributed by atoms with Crippen LogP contribution in [0.1, 0.15) is 36.7 Å². The molecule has 1 fully saturated rings. The highest BCUT2D eigenvalue weighted by Gasteiger charge is 2.21. The molecule has 1 amide bonds. The summed E-state index contributed by atoms with van der Waals surface area (Å²) in [4.78, 5) is 18.9. The standard InChI is InChI=1S/C15H23ClN4O/c1-3-8-17-13-5-4-12(16)14(19-13)15(21)18-11-6-9-20(2)10-7-11/h4-5,11H,3,6-10H2,1-2H3,(H,17,19)(H,18,21). The van der Waals surface area contributed by atoms with E-state index in [0.717, 1.165) is 38.9 Å². The van der Waals surface area contributed by atoms with Crippen LogP contribution in [0.5, 0.6) is 0 Å². The quantitative estimate of drug-likeness (QED) is 0.877. The third kappa shape index (κ3) is 4.58. The Morgan fingerprint density at radius 1 is 1.43 bits per heavy atom. The van der Waals surface area contributed by atoms with Gasteiger partial charge in [-0.2, -0.15) is 0 Å². The van der Waals surface area contributed by atoms with Crippen LogP contribution in [-0.4, -0.2) is 48.5 Å². The predicted octanol–water partition coefficient (Wildman–Crippen LogP) is 2.38. The Bertz CT molecular complexity index is 487. The number of carbonyl (C=O) groups excluding carboxylic acids is 1. The van der Waals surface area contributed by atoms with Gasteiger partial charge in [0.2, 0.25) is 0 Å². The van der Waals surface area contributed by atoms with Crippen LogP contribution in [-0.2, 0) is 0 Å². The number of carbonyl (C=O) groups is 1. The van der Waals surface area contributed by atoms with E-state index in [4.69, 9.17) is 11.6 Å². The van der Waals surface area contributed by atoms with E-state index in [-0.39, 0.29) is 11.9 Å². The molecule has 1 aromatic rings. The van der Waals surface area contributed by atoms with Crippen LogP contribution in [0.3, 0.4) is 0 Å². The second kappa shape index (κ2) is 7.61. The fourth-order valence-electron chi connectivity index (χ4n) is 2.36. The normalized spacial score (nSPS) is 16.7. The zero-order chi connectivity index (χ0) is 15.2. The number of nitrogens with zero attached hydrogens (tertiary/aromatic N) is 2. The van der Waals surface area contributed by atoms with Crippen LogP contribution in [0.15, 0.2) is 12.1 Å². The minimum absolute atomic E-state index is 0.185. The van der Waals surface area contributed by atoms with Crippen molar-refractivity contribution in [3.8, 4) is 0 Å². The van der Waals surface area contributed by atoms with Gasteiger partial charge in [-0.1, -0.05) is 18.5 Å². The summed E-state index contributed by atoms with van der Waals surface area (Å²) in [6.45, 7) is 4.91. The summed E-state index contributed by atoms with van der Waals surface area (Å²) in [5.74, 6) is 0.504. The molecule has 1 aliphatic heterocycles. The Labute approximate surface area is 131 Å². The molecule has 1 saturated heterocycles. The Kier molecular flexibility index (Phi) is 5.82. The molecular weight excluding hydrogens is 288 g/mol. The molecule has 0 saturated carbocycles. The van der Waals surface area contributed by atoms with Gasteiger partial charge < -0.3 is 15.5 Å². The number of amides is 1. The van der Waals surface area contributed by atoms with E-state index in [9.17, 15) is 4.79 Å². The number of hydrogen-bond donors (Lipinski definition) is 2. The van der Waals surface area contributed by atoms with Gasteiger partial charge in [-0.25, -0.2) is 4.98 Å². The number of halogens is 1. The van der Waals surface area contributed by atoms with Crippen molar-refractivity contribution in [3.05, 3.63) is 22.8 Å². The van der Waals surface area contributed by atoms with Crippen molar-refractivity contribution in [2.45, 2.75) is 32.2 Å². The van der Waals surface area contributed by atoms with Crippen LogP contribution < -0.4 is 10.6 Å². The molecule has 0 bridgehead atoms. The average Bonchev–Trinajstić information content (AvgIpc) is 2.48. The fraction of sp³-hybridized carbons (Fsp3) is 0.600.